The third kappa shape index (κ3) is 5.65. The molecular formula is C28H28Cl2N2O5. The smallest absolute Gasteiger partial charge is 0.415 e. The number of benzene rings is 2. The summed E-state index contributed by atoms with van der Waals surface area (Å²) in [5.41, 5.74) is 3.12. The maximum atomic E-state index is 13.4. The Balaban J connectivity index is 1.41. The zero-order valence-electron chi connectivity index (χ0n) is 20.1. The highest BCUT2D eigenvalue weighted by Gasteiger charge is 2.39. The fourth-order valence-electron chi connectivity index (χ4n) is 4.96. The van der Waals surface area contributed by atoms with Crippen molar-refractivity contribution in [2.24, 2.45) is 5.92 Å². The minimum atomic E-state index is -0.794. The third-order valence-corrected chi connectivity index (χ3v) is 7.31. The van der Waals surface area contributed by atoms with Crippen LogP contribution >= 0.6 is 23.2 Å². The second kappa shape index (κ2) is 11.2. The molecular weight excluding hydrogens is 515 g/mol. The summed E-state index contributed by atoms with van der Waals surface area (Å²) in [6.07, 6.45) is 6.40. The molecule has 0 fully saturated rings. The molecule has 1 amide bonds. The highest BCUT2D eigenvalue weighted by molar-refractivity contribution is 6.31. The van der Waals surface area contributed by atoms with E-state index < -0.39 is 12.2 Å². The van der Waals surface area contributed by atoms with E-state index in [9.17, 15) is 9.90 Å². The van der Waals surface area contributed by atoms with Gasteiger partial charge in [0.1, 0.15) is 11.5 Å². The third-order valence-electron chi connectivity index (χ3n) is 6.82. The number of nitrogens with one attached hydrogen (secondary N) is 1. The van der Waals surface area contributed by atoms with Crippen molar-refractivity contribution in [1.82, 2.24) is 9.88 Å². The number of H-pyrrole nitrogens is 1. The number of fused-ring (bicyclic) bond motifs is 3. The van der Waals surface area contributed by atoms with Crippen LogP contribution in [0, 0.1) is 5.92 Å². The first-order valence-electron chi connectivity index (χ1n) is 12.3. The van der Waals surface area contributed by atoms with Crippen LogP contribution in [0.4, 0.5) is 4.79 Å². The molecule has 2 heterocycles. The molecule has 5 rings (SSSR count). The summed E-state index contributed by atoms with van der Waals surface area (Å²) in [5.74, 6) is 1.12. The Labute approximate surface area is 224 Å². The quantitative estimate of drug-likeness (QED) is 0.351. The van der Waals surface area contributed by atoms with Gasteiger partial charge in [0.2, 0.25) is 0 Å². The Bertz CT molecular complexity index is 1330. The molecule has 1 aliphatic carbocycles. The number of rotatable bonds is 7. The van der Waals surface area contributed by atoms with Crippen LogP contribution in [0.25, 0.3) is 10.9 Å². The minimum Gasteiger partial charge on any atom is -0.494 e. The lowest BCUT2D eigenvalue weighted by Gasteiger charge is -2.39. The van der Waals surface area contributed by atoms with E-state index in [1.165, 1.54) is 0 Å². The first-order chi connectivity index (χ1) is 17.9. The first kappa shape index (κ1) is 25.7. The van der Waals surface area contributed by atoms with Gasteiger partial charge in [-0.25, -0.2) is 4.79 Å². The number of aliphatic hydroxyl groups is 2. The van der Waals surface area contributed by atoms with Gasteiger partial charge in [-0.3, -0.25) is 4.90 Å². The number of amides is 1. The van der Waals surface area contributed by atoms with Crippen LogP contribution in [0.3, 0.4) is 0 Å². The van der Waals surface area contributed by atoms with Crippen LogP contribution < -0.4 is 4.74 Å². The summed E-state index contributed by atoms with van der Waals surface area (Å²) >= 11 is 12.3. The molecule has 0 radical (unpaired) electrons. The number of hydrogen-bond donors (Lipinski definition) is 3. The number of carbonyl (C=O) groups excluding carboxylic acids is 1. The number of hydrogen-bond acceptors (Lipinski definition) is 5. The van der Waals surface area contributed by atoms with E-state index in [1.54, 1.807) is 29.2 Å². The largest absolute Gasteiger partial charge is 0.494 e. The Hall–Kier alpha value is -2.97. The van der Waals surface area contributed by atoms with Gasteiger partial charge in [-0.1, -0.05) is 29.3 Å². The number of ether oxygens (including phenoxy) is 2. The highest BCUT2D eigenvalue weighted by Crippen LogP contribution is 2.42. The topological polar surface area (TPSA) is 95.0 Å². The average Bonchev–Trinajstić information content (AvgIpc) is 3.27. The molecule has 1 aliphatic heterocycles. The number of aromatic amines is 1. The van der Waals surface area contributed by atoms with Crippen LogP contribution in [0.15, 0.2) is 66.5 Å². The van der Waals surface area contributed by atoms with Crippen molar-refractivity contribution in [3.63, 3.8) is 0 Å². The fourth-order valence-corrected chi connectivity index (χ4v) is 5.26. The maximum Gasteiger partial charge on any atom is 0.415 e. The summed E-state index contributed by atoms with van der Waals surface area (Å²) in [6, 6.07) is 12.2. The van der Waals surface area contributed by atoms with Crippen molar-refractivity contribution < 1.29 is 24.5 Å². The van der Waals surface area contributed by atoms with Gasteiger partial charge >= 0.3 is 6.09 Å². The zero-order valence-corrected chi connectivity index (χ0v) is 21.6. The van der Waals surface area contributed by atoms with Gasteiger partial charge < -0.3 is 24.7 Å². The normalized spacial score (nSPS) is 19.9. The number of halogens is 2. The molecule has 0 saturated heterocycles. The molecule has 9 heteroatoms. The van der Waals surface area contributed by atoms with Crippen LogP contribution in [-0.4, -0.2) is 52.1 Å². The van der Waals surface area contributed by atoms with Gasteiger partial charge in [-0.05, 0) is 73.0 Å². The lowest BCUT2D eigenvalue weighted by molar-refractivity contribution is 0.0656. The summed E-state index contributed by atoms with van der Waals surface area (Å²) in [5, 5.41) is 20.8. The molecule has 3 N–H and O–H groups in total. The molecule has 1 aromatic heterocycles. The molecule has 37 heavy (non-hydrogen) atoms. The SMILES string of the molecule is O=C(Oc1ccc(Cl)cc1)N1CCc2c([nH]c3ccc(Cl)cc23)C1C1C=CC(OCCC(O)CO)=CC1. The number of aliphatic hydroxyl groups excluding tert-OH is 2. The Morgan fingerprint density at radius 2 is 1.95 bits per heavy atom. The second-order valence-corrected chi connectivity index (χ2v) is 10.1. The molecule has 7 nitrogen and oxygen atoms in total. The van der Waals surface area contributed by atoms with Gasteiger partial charge in [0.15, 0.2) is 0 Å². The van der Waals surface area contributed by atoms with E-state index in [1.807, 2.05) is 30.4 Å². The standard InChI is InChI=1S/C28H28Cl2N2O5/c29-18-3-8-22(9-4-18)37-28(35)32-13-11-23-24-15-19(30)5-10-25(24)31-26(23)27(32)17-1-6-21(7-2-17)36-14-12-20(34)16-33/h1,3-10,15,17,20,27,31,33-34H,2,11-14,16H2. The van der Waals surface area contributed by atoms with E-state index in [2.05, 4.69) is 11.1 Å². The number of aromatic nitrogens is 1. The molecule has 2 aliphatic rings. The molecule has 2 aromatic carbocycles. The van der Waals surface area contributed by atoms with E-state index >= 15 is 0 Å². The van der Waals surface area contributed by atoms with Crippen LogP contribution in [0.1, 0.15) is 30.1 Å². The Kier molecular flexibility index (Phi) is 7.76. The molecule has 3 aromatic rings. The Morgan fingerprint density at radius 1 is 1.16 bits per heavy atom. The van der Waals surface area contributed by atoms with E-state index in [0.717, 1.165) is 22.2 Å². The second-order valence-electron chi connectivity index (χ2n) is 9.26. The van der Waals surface area contributed by atoms with Crippen LogP contribution in [-0.2, 0) is 11.2 Å². The van der Waals surface area contributed by atoms with Gasteiger partial charge in [-0.15, -0.1) is 0 Å². The predicted octanol–water partition coefficient (Wildman–Crippen LogP) is 5.79. The molecule has 0 bridgehead atoms. The van der Waals surface area contributed by atoms with E-state index in [4.69, 9.17) is 37.8 Å². The fraction of sp³-hybridized carbons (Fsp3) is 0.321. The summed E-state index contributed by atoms with van der Waals surface area (Å²) in [6.45, 7) is 0.514. The van der Waals surface area contributed by atoms with Crippen molar-refractivity contribution >= 4 is 40.2 Å². The van der Waals surface area contributed by atoms with Gasteiger partial charge in [0, 0.05) is 45.5 Å². The van der Waals surface area contributed by atoms with Crippen LogP contribution in [0.2, 0.25) is 10.0 Å². The average molecular weight is 543 g/mol. The predicted molar refractivity (Wildman–Crippen MR) is 143 cm³/mol. The van der Waals surface area contributed by atoms with E-state index in [-0.39, 0.29) is 18.6 Å². The highest BCUT2D eigenvalue weighted by atomic mass is 35.5. The summed E-state index contributed by atoms with van der Waals surface area (Å²) < 4.78 is 11.5. The van der Waals surface area contributed by atoms with Crippen molar-refractivity contribution in [2.45, 2.75) is 31.4 Å². The van der Waals surface area contributed by atoms with Crippen LogP contribution in [0.5, 0.6) is 5.75 Å². The van der Waals surface area contributed by atoms with E-state index in [0.29, 0.717) is 54.0 Å². The van der Waals surface area contributed by atoms with Gasteiger partial charge in [0.25, 0.3) is 0 Å². The lowest BCUT2D eigenvalue weighted by Crippen LogP contribution is -2.44. The Morgan fingerprint density at radius 3 is 2.68 bits per heavy atom. The van der Waals surface area contributed by atoms with Crippen molar-refractivity contribution in [3.8, 4) is 5.75 Å². The zero-order chi connectivity index (χ0) is 25.9. The molecule has 194 valence electrons. The number of allylic oxidation sites excluding steroid dienone is 2. The maximum absolute atomic E-state index is 13.4. The number of carbonyl (C=O) groups is 1. The molecule has 0 spiro atoms. The van der Waals surface area contributed by atoms with Crippen molar-refractivity contribution in [2.75, 3.05) is 19.8 Å². The minimum absolute atomic E-state index is 0.0178. The van der Waals surface area contributed by atoms with Gasteiger partial charge in [-0.2, -0.15) is 0 Å². The summed E-state index contributed by atoms with van der Waals surface area (Å²) in [4.78, 5) is 18.7. The molecule has 3 atom stereocenters. The van der Waals surface area contributed by atoms with Crippen molar-refractivity contribution in [1.29, 1.82) is 0 Å². The lowest BCUT2D eigenvalue weighted by atomic mass is 9.84. The van der Waals surface area contributed by atoms with Crippen molar-refractivity contribution in [3.05, 3.63) is 87.8 Å². The first-order valence-corrected chi connectivity index (χ1v) is 13.0. The molecule has 3 unspecified atom stereocenters. The van der Waals surface area contributed by atoms with Gasteiger partial charge in [0.05, 0.1) is 25.4 Å². The summed E-state index contributed by atoms with van der Waals surface area (Å²) in [7, 11) is 0. The monoisotopic (exact) mass is 542 g/mol. The number of nitrogens with zero attached hydrogens (tertiary/aromatic N) is 1. The molecule has 0 saturated carbocycles.